The third-order valence-electron chi connectivity index (χ3n) is 3.03. The molecule has 0 radical (unpaired) electrons. The predicted molar refractivity (Wildman–Crippen MR) is 70.9 cm³/mol. The molecule has 0 aliphatic carbocycles. The van der Waals surface area contributed by atoms with E-state index in [1.165, 1.54) is 11.1 Å². The summed E-state index contributed by atoms with van der Waals surface area (Å²) in [5.74, 6) is 1.07. The highest BCUT2D eigenvalue weighted by Gasteiger charge is 2.11. The summed E-state index contributed by atoms with van der Waals surface area (Å²) in [6.45, 7) is 4.68. The summed E-state index contributed by atoms with van der Waals surface area (Å²) in [6.07, 6.45) is 1.86. The van der Waals surface area contributed by atoms with Crippen LogP contribution in [0.25, 0.3) is 0 Å². The van der Waals surface area contributed by atoms with Crippen LogP contribution in [0.2, 0.25) is 0 Å². The Balaban J connectivity index is 1.75. The van der Waals surface area contributed by atoms with Crippen molar-refractivity contribution in [2.45, 2.75) is 19.8 Å². The molecule has 1 heterocycles. The molecule has 1 aliphatic heterocycles. The summed E-state index contributed by atoms with van der Waals surface area (Å²) in [4.78, 5) is 11.4. The van der Waals surface area contributed by atoms with Gasteiger partial charge in [0.05, 0.1) is 13.2 Å². The van der Waals surface area contributed by atoms with Crippen LogP contribution in [0.5, 0.6) is 5.75 Å². The molecule has 1 aromatic carbocycles. The number of rotatable bonds is 6. The second kappa shape index (κ2) is 6.40. The lowest BCUT2D eigenvalue weighted by Crippen LogP contribution is -2.34. The van der Waals surface area contributed by atoms with Crippen LogP contribution in [0.1, 0.15) is 18.1 Å². The standard InChI is InChI=1S/C14H20N2O2/c1-2-15-10-14(17)16-7-5-11-3-4-13-12(9-11)6-8-18-13/h3-4,9,15H,2,5-8,10H2,1H3,(H,16,17). The number of carbonyl (C=O) groups excluding carboxylic acids is 1. The van der Waals surface area contributed by atoms with Crippen LogP contribution in [0.3, 0.4) is 0 Å². The zero-order valence-corrected chi connectivity index (χ0v) is 10.8. The number of nitrogens with one attached hydrogen (secondary N) is 2. The fourth-order valence-electron chi connectivity index (χ4n) is 2.04. The molecule has 0 unspecified atom stereocenters. The van der Waals surface area contributed by atoms with Crippen molar-refractivity contribution in [3.05, 3.63) is 29.3 Å². The Kier molecular flexibility index (Phi) is 4.59. The molecular formula is C14H20N2O2. The molecule has 1 aliphatic rings. The lowest BCUT2D eigenvalue weighted by Gasteiger charge is -2.07. The first-order valence-electron chi connectivity index (χ1n) is 6.51. The minimum absolute atomic E-state index is 0.0568. The lowest BCUT2D eigenvalue weighted by molar-refractivity contribution is -0.120. The molecule has 1 aromatic rings. The van der Waals surface area contributed by atoms with Crippen molar-refractivity contribution < 1.29 is 9.53 Å². The summed E-state index contributed by atoms with van der Waals surface area (Å²) < 4.78 is 5.46. The van der Waals surface area contributed by atoms with Crippen LogP contribution < -0.4 is 15.4 Å². The van der Waals surface area contributed by atoms with Crippen LogP contribution in [0, 0.1) is 0 Å². The van der Waals surface area contributed by atoms with Gasteiger partial charge in [0, 0.05) is 13.0 Å². The first-order chi connectivity index (χ1) is 8.79. The molecule has 0 saturated carbocycles. The van der Waals surface area contributed by atoms with Gasteiger partial charge in [-0.2, -0.15) is 0 Å². The van der Waals surface area contributed by atoms with Gasteiger partial charge >= 0.3 is 0 Å². The Morgan fingerprint density at radius 3 is 3.17 bits per heavy atom. The Morgan fingerprint density at radius 1 is 1.44 bits per heavy atom. The van der Waals surface area contributed by atoms with Gasteiger partial charge in [-0.15, -0.1) is 0 Å². The molecule has 0 aromatic heterocycles. The molecule has 4 nitrogen and oxygen atoms in total. The monoisotopic (exact) mass is 248 g/mol. The average Bonchev–Trinajstić information content (AvgIpc) is 2.83. The number of amides is 1. The molecule has 0 spiro atoms. The molecule has 0 saturated heterocycles. The van der Waals surface area contributed by atoms with Gasteiger partial charge in [0.2, 0.25) is 5.91 Å². The highest BCUT2D eigenvalue weighted by Crippen LogP contribution is 2.25. The van der Waals surface area contributed by atoms with Crippen LogP contribution in [-0.4, -0.2) is 32.1 Å². The molecular weight excluding hydrogens is 228 g/mol. The molecule has 1 amide bonds. The summed E-state index contributed by atoms with van der Waals surface area (Å²) in [5, 5.41) is 5.90. The van der Waals surface area contributed by atoms with E-state index in [1.807, 2.05) is 13.0 Å². The Labute approximate surface area is 108 Å². The number of hydrogen-bond donors (Lipinski definition) is 2. The van der Waals surface area contributed by atoms with Crippen molar-refractivity contribution in [2.75, 3.05) is 26.2 Å². The van der Waals surface area contributed by atoms with Crippen molar-refractivity contribution in [3.63, 3.8) is 0 Å². The van der Waals surface area contributed by atoms with Crippen LogP contribution in [0.4, 0.5) is 0 Å². The molecule has 98 valence electrons. The number of likely N-dealkylation sites (N-methyl/N-ethyl adjacent to an activating group) is 1. The van der Waals surface area contributed by atoms with Gasteiger partial charge < -0.3 is 15.4 Å². The topological polar surface area (TPSA) is 50.4 Å². The van der Waals surface area contributed by atoms with E-state index in [1.54, 1.807) is 0 Å². The third kappa shape index (κ3) is 3.47. The largest absolute Gasteiger partial charge is 0.493 e. The van der Waals surface area contributed by atoms with Gasteiger partial charge in [0.15, 0.2) is 0 Å². The molecule has 18 heavy (non-hydrogen) atoms. The van der Waals surface area contributed by atoms with Gasteiger partial charge in [-0.05, 0) is 30.2 Å². The maximum absolute atomic E-state index is 11.4. The van der Waals surface area contributed by atoms with Crippen molar-refractivity contribution in [2.24, 2.45) is 0 Å². The second-order valence-electron chi connectivity index (χ2n) is 4.42. The number of hydrogen-bond acceptors (Lipinski definition) is 3. The van der Waals surface area contributed by atoms with Gasteiger partial charge in [-0.3, -0.25) is 4.79 Å². The van der Waals surface area contributed by atoms with Crippen molar-refractivity contribution in [3.8, 4) is 5.75 Å². The first kappa shape index (κ1) is 12.9. The zero-order valence-electron chi connectivity index (χ0n) is 10.8. The third-order valence-corrected chi connectivity index (χ3v) is 3.03. The zero-order chi connectivity index (χ0) is 12.8. The summed E-state index contributed by atoms with van der Waals surface area (Å²) in [7, 11) is 0. The van der Waals surface area contributed by atoms with Gasteiger partial charge in [0.1, 0.15) is 5.75 Å². The maximum atomic E-state index is 11.4. The molecule has 0 atom stereocenters. The first-order valence-corrected chi connectivity index (χ1v) is 6.51. The van der Waals surface area contributed by atoms with E-state index in [0.29, 0.717) is 13.1 Å². The van der Waals surface area contributed by atoms with E-state index < -0.39 is 0 Å². The number of carbonyl (C=O) groups is 1. The summed E-state index contributed by atoms with van der Waals surface area (Å²) in [5.41, 5.74) is 2.54. The van der Waals surface area contributed by atoms with Crippen LogP contribution in [0.15, 0.2) is 18.2 Å². The fourth-order valence-corrected chi connectivity index (χ4v) is 2.04. The van der Waals surface area contributed by atoms with E-state index in [2.05, 4.69) is 22.8 Å². The van der Waals surface area contributed by atoms with E-state index in [-0.39, 0.29) is 5.91 Å². The van der Waals surface area contributed by atoms with E-state index in [4.69, 9.17) is 4.74 Å². The van der Waals surface area contributed by atoms with E-state index in [9.17, 15) is 4.79 Å². The Bertz CT molecular complexity index is 418. The lowest BCUT2D eigenvalue weighted by atomic mass is 10.1. The smallest absolute Gasteiger partial charge is 0.233 e. The van der Waals surface area contributed by atoms with Crippen LogP contribution in [-0.2, 0) is 17.6 Å². The van der Waals surface area contributed by atoms with Gasteiger partial charge in [-0.1, -0.05) is 19.1 Å². The van der Waals surface area contributed by atoms with Gasteiger partial charge in [-0.25, -0.2) is 0 Å². The van der Waals surface area contributed by atoms with Gasteiger partial charge in [0.25, 0.3) is 0 Å². The number of ether oxygens (including phenoxy) is 1. The SMILES string of the molecule is CCNCC(=O)NCCc1ccc2c(c1)CCO2. The predicted octanol–water partition coefficient (Wildman–Crippen LogP) is 0.890. The summed E-state index contributed by atoms with van der Waals surface area (Å²) >= 11 is 0. The van der Waals surface area contributed by atoms with Crippen molar-refractivity contribution >= 4 is 5.91 Å². The quantitative estimate of drug-likeness (QED) is 0.786. The molecule has 0 bridgehead atoms. The maximum Gasteiger partial charge on any atom is 0.233 e. The Hall–Kier alpha value is -1.55. The minimum Gasteiger partial charge on any atom is -0.493 e. The normalized spacial score (nSPS) is 12.9. The second-order valence-corrected chi connectivity index (χ2v) is 4.42. The number of benzene rings is 1. The number of fused-ring (bicyclic) bond motifs is 1. The highest BCUT2D eigenvalue weighted by molar-refractivity contribution is 5.77. The Morgan fingerprint density at radius 2 is 2.33 bits per heavy atom. The van der Waals surface area contributed by atoms with E-state index in [0.717, 1.165) is 31.7 Å². The fraction of sp³-hybridized carbons (Fsp3) is 0.500. The molecule has 0 fully saturated rings. The highest BCUT2D eigenvalue weighted by atomic mass is 16.5. The summed E-state index contributed by atoms with van der Waals surface area (Å²) in [6, 6.07) is 6.28. The van der Waals surface area contributed by atoms with Crippen molar-refractivity contribution in [1.29, 1.82) is 0 Å². The van der Waals surface area contributed by atoms with E-state index >= 15 is 0 Å². The molecule has 4 heteroatoms. The molecule has 2 N–H and O–H groups in total. The molecule has 2 rings (SSSR count). The van der Waals surface area contributed by atoms with Crippen molar-refractivity contribution in [1.82, 2.24) is 10.6 Å². The minimum atomic E-state index is 0.0568. The average molecular weight is 248 g/mol. The van der Waals surface area contributed by atoms with Crippen LogP contribution >= 0.6 is 0 Å².